The fraction of sp³-hybridized carbons (Fsp3) is 0. The van der Waals surface area contributed by atoms with E-state index >= 15 is 0 Å². The third-order valence-electron chi connectivity index (χ3n) is 11.5. The van der Waals surface area contributed by atoms with Crippen LogP contribution in [0.15, 0.2) is 200 Å². The first-order valence-corrected chi connectivity index (χ1v) is 20.9. The molecule has 5 nitrogen and oxygen atoms in total. The third-order valence-corrected chi connectivity index (χ3v) is 12.6. The molecule has 0 atom stereocenters. The molecule has 0 aliphatic heterocycles. The number of aromatic nitrogens is 5. The summed E-state index contributed by atoms with van der Waals surface area (Å²) in [5.41, 5.74) is 10.5. The van der Waals surface area contributed by atoms with E-state index in [0.29, 0.717) is 17.5 Å². The third kappa shape index (κ3) is 5.69. The summed E-state index contributed by atoms with van der Waals surface area (Å²) in [6.07, 6.45) is 0. The number of para-hydroxylation sites is 2. The van der Waals surface area contributed by atoms with E-state index in [1.54, 1.807) is 0 Å². The molecule has 60 heavy (non-hydrogen) atoms. The van der Waals surface area contributed by atoms with Crippen LogP contribution >= 0.6 is 11.3 Å². The molecule has 0 unspecified atom stereocenters. The fourth-order valence-electron chi connectivity index (χ4n) is 8.53. The molecule has 4 aromatic heterocycles. The molecule has 12 aromatic rings. The zero-order valence-electron chi connectivity index (χ0n) is 32.2. The predicted molar refractivity (Wildman–Crippen MR) is 250 cm³/mol. The number of nitrogens with zero attached hydrogens (tertiary/aromatic N) is 5. The number of fused-ring (bicyclic) bond motifs is 8. The van der Waals surface area contributed by atoms with E-state index in [9.17, 15) is 0 Å². The lowest BCUT2D eigenvalue weighted by molar-refractivity contribution is 1.07. The van der Waals surface area contributed by atoms with Crippen molar-refractivity contribution < 1.29 is 0 Å². The van der Waals surface area contributed by atoms with Crippen molar-refractivity contribution in [1.29, 1.82) is 0 Å². The molecule has 0 saturated carbocycles. The first-order valence-electron chi connectivity index (χ1n) is 20.1. The van der Waals surface area contributed by atoms with Gasteiger partial charge in [0.25, 0.3) is 0 Å². The van der Waals surface area contributed by atoms with Gasteiger partial charge in [-0.2, -0.15) is 0 Å². The van der Waals surface area contributed by atoms with E-state index in [-0.39, 0.29) is 0 Å². The molecular weight excluding hydrogens is 751 g/mol. The van der Waals surface area contributed by atoms with Crippen molar-refractivity contribution >= 4 is 64.2 Å². The van der Waals surface area contributed by atoms with Gasteiger partial charge in [0, 0.05) is 49.5 Å². The number of thiophene rings is 1. The molecule has 12 rings (SSSR count). The molecule has 0 N–H and O–H groups in total. The number of benzene rings is 8. The Kier molecular flexibility index (Phi) is 7.96. The normalized spacial score (nSPS) is 11.7. The summed E-state index contributed by atoms with van der Waals surface area (Å²) in [7, 11) is 0. The summed E-state index contributed by atoms with van der Waals surface area (Å²) in [6, 6.07) is 70.2. The van der Waals surface area contributed by atoms with Crippen molar-refractivity contribution in [1.82, 2.24) is 24.5 Å². The maximum atomic E-state index is 5.33. The lowest BCUT2D eigenvalue weighted by Gasteiger charge is -2.10. The van der Waals surface area contributed by atoms with E-state index in [2.05, 4.69) is 144 Å². The van der Waals surface area contributed by atoms with E-state index < -0.39 is 0 Å². The second-order valence-corrected chi connectivity index (χ2v) is 16.0. The molecule has 4 heterocycles. The van der Waals surface area contributed by atoms with Crippen LogP contribution in [0.5, 0.6) is 0 Å². The van der Waals surface area contributed by atoms with Crippen molar-refractivity contribution in [3.8, 4) is 62.2 Å². The molecule has 0 radical (unpaired) electrons. The topological polar surface area (TPSA) is 56.5 Å². The summed E-state index contributed by atoms with van der Waals surface area (Å²) < 4.78 is 3.63. The van der Waals surface area contributed by atoms with Crippen LogP contribution in [-0.2, 0) is 0 Å². The van der Waals surface area contributed by atoms with E-state index in [1.807, 2.05) is 72.0 Å². The van der Waals surface area contributed by atoms with Crippen LogP contribution < -0.4 is 0 Å². The van der Waals surface area contributed by atoms with Gasteiger partial charge in [0.05, 0.1) is 21.4 Å². The van der Waals surface area contributed by atoms with Crippen LogP contribution in [0.25, 0.3) is 115 Å². The Balaban J connectivity index is 0.955. The highest BCUT2D eigenvalue weighted by Crippen LogP contribution is 2.48. The summed E-state index contributed by atoms with van der Waals surface area (Å²) in [4.78, 5) is 21.3. The smallest absolute Gasteiger partial charge is 0.164 e. The maximum absolute atomic E-state index is 5.33. The Morgan fingerprint density at radius 3 is 1.57 bits per heavy atom. The Bertz CT molecular complexity index is 3520. The molecule has 0 aliphatic rings. The number of hydrogen-bond donors (Lipinski definition) is 0. The van der Waals surface area contributed by atoms with Crippen molar-refractivity contribution in [3.05, 3.63) is 200 Å². The molecule has 0 spiro atoms. The summed E-state index contributed by atoms with van der Waals surface area (Å²) in [5.74, 6) is 1.95. The Labute approximate surface area is 349 Å². The lowest BCUT2D eigenvalue weighted by atomic mass is 10.0. The molecule has 0 amide bonds. The van der Waals surface area contributed by atoms with Gasteiger partial charge in [-0.05, 0) is 52.2 Å². The fourth-order valence-corrected chi connectivity index (χ4v) is 9.91. The highest BCUT2D eigenvalue weighted by Gasteiger charge is 2.23. The van der Waals surface area contributed by atoms with Gasteiger partial charge in [-0.3, -0.25) is 0 Å². The lowest BCUT2D eigenvalue weighted by Crippen LogP contribution is -2.00. The minimum Gasteiger partial charge on any atom is -0.301 e. The maximum Gasteiger partial charge on any atom is 0.164 e. The van der Waals surface area contributed by atoms with Crippen molar-refractivity contribution in [2.75, 3.05) is 0 Å². The predicted octanol–water partition coefficient (Wildman–Crippen LogP) is 14.2. The molecular formula is C54H33N5S. The zero-order chi connectivity index (χ0) is 39.6. The molecule has 0 aliphatic carbocycles. The van der Waals surface area contributed by atoms with Gasteiger partial charge >= 0.3 is 0 Å². The van der Waals surface area contributed by atoms with E-state index in [4.69, 9.17) is 19.9 Å². The average molecular weight is 784 g/mol. The standard InChI is InChI=1S/C54H33N5S/c1-3-14-37(15-4-1)51-56-52(38-16-5-2-6-17-38)58-53(57-51)39-26-23-35(24-27-39)36-29-31-42(32-30-36)59-46-22-12-10-20-44(46)48-47-43-19-9-11-21-45(43)55-49(50(47)60-54(48)59)41-28-25-34-13-7-8-18-40(34)33-41/h1-33H. The average Bonchev–Trinajstić information content (AvgIpc) is 3.87. The summed E-state index contributed by atoms with van der Waals surface area (Å²) >= 11 is 1.83. The first kappa shape index (κ1) is 34.3. The highest BCUT2D eigenvalue weighted by molar-refractivity contribution is 7.26. The van der Waals surface area contributed by atoms with Crippen LogP contribution in [0.2, 0.25) is 0 Å². The Morgan fingerprint density at radius 1 is 0.367 bits per heavy atom. The van der Waals surface area contributed by atoms with Gasteiger partial charge in [0.1, 0.15) is 4.83 Å². The summed E-state index contributed by atoms with van der Waals surface area (Å²) in [6.45, 7) is 0. The highest BCUT2D eigenvalue weighted by atomic mass is 32.1. The zero-order valence-corrected chi connectivity index (χ0v) is 33.0. The van der Waals surface area contributed by atoms with Gasteiger partial charge in [-0.25, -0.2) is 19.9 Å². The molecule has 8 aromatic carbocycles. The monoisotopic (exact) mass is 783 g/mol. The van der Waals surface area contributed by atoms with E-state index in [0.717, 1.165) is 50.3 Å². The Hall–Kier alpha value is -7.80. The largest absolute Gasteiger partial charge is 0.301 e. The Morgan fingerprint density at radius 2 is 0.883 bits per heavy atom. The van der Waals surface area contributed by atoms with Crippen LogP contribution in [0.3, 0.4) is 0 Å². The quantitative estimate of drug-likeness (QED) is 0.169. The van der Waals surface area contributed by atoms with Gasteiger partial charge in [0.2, 0.25) is 0 Å². The van der Waals surface area contributed by atoms with Crippen molar-refractivity contribution in [2.24, 2.45) is 0 Å². The van der Waals surface area contributed by atoms with Gasteiger partial charge < -0.3 is 4.57 Å². The van der Waals surface area contributed by atoms with Crippen LogP contribution in [0.1, 0.15) is 0 Å². The molecule has 0 bridgehead atoms. The second-order valence-electron chi connectivity index (χ2n) is 15.0. The molecule has 0 fully saturated rings. The second kappa shape index (κ2) is 13.9. The van der Waals surface area contributed by atoms with Gasteiger partial charge in [0.15, 0.2) is 17.5 Å². The SMILES string of the molecule is c1ccc(-c2nc(-c3ccccc3)nc(-c3ccc(-c4ccc(-n5c6ccccc6c6c7c(sc65)c(-c5ccc6ccccc6c5)nc5ccccc57)cc4)cc3)n2)cc1. The van der Waals surface area contributed by atoms with Crippen LogP contribution in [-0.4, -0.2) is 24.5 Å². The van der Waals surface area contributed by atoms with Gasteiger partial charge in [-0.15, -0.1) is 11.3 Å². The summed E-state index contributed by atoms with van der Waals surface area (Å²) in [5, 5.41) is 7.39. The van der Waals surface area contributed by atoms with Crippen LogP contribution in [0.4, 0.5) is 0 Å². The molecule has 280 valence electrons. The molecule has 6 heteroatoms. The van der Waals surface area contributed by atoms with E-state index in [1.165, 1.54) is 47.4 Å². The van der Waals surface area contributed by atoms with Gasteiger partial charge in [-0.1, -0.05) is 170 Å². The molecule has 0 saturated heterocycles. The number of pyridine rings is 1. The minimum atomic E-state index is 0.642. The van der Waals surface area contributed by atoms with Crippen LogP contribution in [0, 0.1) is 0 Å². The minimum absolute atomic E-state index is 0.642. The number of hydrogen-bond acceptors (Lipinski definition) is 5. The van der Waals surface area contributed by atoms with Crippen molar-refractivity contribution in [3.63, 3.8) is 0 Å². The number of rotatable bonds is 6. The first-order chi connectivity index (χ1) is 29.7. The van der Waals surface area contributed by atoms with Crippen molar-refractivity contribution in [2.45, 2.75) is 0 Å².